The van der Waals surface area contributed by atoms with Crippen LogP contribution in [0.25, 0.3) is 0 Å². The Balaban J connectivity index is 1.05. The molecular formula is C21H23ClF3N3O4. The van der Waals surface area contributed by atoms with Crippen molar-refractivity contribution in [2.45, 2.75) is 61.8 Å². The van der Waals surface area contributed by atoms with E-state index < -0.39 is 18.6 Å². The van der Waals surface area contributed by atoms with Crippen LogP contribution in [-0.2, 0) is 14.3 Å². The third kappa shape index (κ3) is 3.92. The second-order valence-corrected chi connectivity index (χ2v) is 9.67. The summed E-state index contributed by atoms with van der Waals surface area (Å²) in [6.45, 7) is 1.05. The maximum atomic E-state index is 12.9. The predicted molar refractivity (Wildman–Crippen MR) is 108 cm³/mol. The highest BCUT2D eigenvalue weighted by Gasteiger charge is 2.72. The van der Waals surface area contributed by atoms with E-state index in [2.05, 4.69) is 10.1 Å². The average molecular weight is 474 g/mol. The van der Waals surface area contributed by atoms with E-state index >= 15 is 0 Å². The fourth-order valence-electron chi connectivity index (χ4n) is 5.45. The Kier molecular flexibility index (Phi) is 5.10. The van der Waals surface area contributed by atoms with Crippen molar-refractivity contribution in [3.05, 3.63) is 29.3 Å². The van der Waals surface area contributed by atoms with Gasteiger partial charge in [-0.05, 0) is 43.5 Å². The molecule has 4 saturated carbocycles. The van der Waals surface area contributed by atoms with Gasteiger partial charge in [0.2, 0.25) is 5.91 Å². The summed E-state index contributed by atoms with van der Waals surface area (Å²) in [6.07, 6.45) is -3.57. The number of nitrogens with one attached hydrogen (secondary N) is 1. The lowest BCUT2D eigenvalue weighted by molar-refractivity contribution is -0.357. The minimum atomic E-state index is -4.64. The monoisotopic (exact) mass is 473 g/mol. The van der Waals surface area contributed by atoms with Crippen molar-refractivity contribution in [2.24, 2.45) is 0 Å². The van der Waals surface area contributed by atoms with E-state index in [4.69, 9.17) is 16.3 Å². The van der Waals surface area contributed by atoms with E-state index in [1.807, 2.05) is 17.0 Å². The van der Waals surface area contributed by atoms with Gasteiger partial charge in [-0.2, -0.15) is 0 Å². The van der Waals surface area contributed by atoms with E-state index in [-0.39, 0.29) is 42.5 Å². The summed E-state index contributed by atoms with van der Waals surface area (Å²) in [6, 6.07) is 7.14. The molecule has 0 radical (unpaired) electrons. The van der Waals surface area contributed by atoms with Crippen LogP contribution in [0.15, 0.2) is 24.3 Å². The molecule has 1 aromatic rings. The van der Waals surface area contributed by atoms with Crippen molar-refractivity contribution in [2.75, 3.05) is 24.6 Å². The van der Waals surface area contributed by atoms with Crippen LogP contribution in [0.1, 0.15) is 32.1 Å². The van der Waals surface area contributed by atoms with Crippen LogP contribution in [-0.4, -0.2) is 66.2 Å². The normalized spacial score (nSPS) is 33.4. The van der Waals surface area contributed by atoms with Crippen LogP contribution in [0, 0.1) is 0 Å². The Morgan fingerprint density at radius 1 is 1.12 bits per heavy atom. The van der Waals surface area contributed by atoms with Crippen molar-refractivity contribution >= 4 is 29.2 Å². The molecule has 6 rings (SSSR count). The number of carbonyl (C=O) groups excluding carboxylic acids is 2. The van der Waals surface area contributed by atoms with Gasteiger partial charge in [0.05, 0.1) is 17.7 Å². The Labute approximate surface area is 187 Å². The maximum absolute atomic E-state index is 12.9. The first-order chi connectivity index (χ1) is 15.1. The zero-order valence-corrected chi connectivity index (χ0v) is 17.9. The first-order valence-electron chi connectivity index (χ1n) is 10.6. The molecule has 4 aliphatic carbocycles. The zero-order chi connectivity index (χ0) is 22.7. The standard InChI is InChI=1S/C21H23ClF3N3O4/c22-13-1-3-14(4-2-13)27-5-6-28(18(27)30)20-10-19(11-20,12-20)26-17(29)9-31-15-7-16(8-15)32-21(23,24)25/h1-4,15-16H,5-12H2,(H,26,29)/t15-,16+,19?,20?. The number of ether oxygens (including phenoxy) is 2. The summed E-state index contributed by atoms with van der Waals surface area (Å²) < 4.78 is 45.7. The maximum Gasteiger partial charge on any atom is 0.522 e. The van der Waals surface area contributed by atoms with E-state index in [0.717, 1.165) is 5.69 Å². The van der Waals surface area contributed by atoms with Gasteiger partial charge in [0.1, 0.15) is 6.61 Å². The fraction of sp³-hybridized carbons (Fsp3) is 0.619. The topological polar surface area (TPSA) is 71.1 Å². The van der Waals surface area contributed by atoms with E-state index in [1.54, 1.807) is 17.0 Å². The third-order valence-electron chi connectivity index (χ3n) is 6.93. The largest absolute Gasteiger partial charge is 0.522 e. The van der Waals surface area contributed by atoms with Crippen LogP contribution in [0.2, 0.25) is 5.02 Å². The van der Waals surface area contributed by atoms with E-state index in [1.165, 1.54) is 0 Å². The smallest absolute Gasteiger partial charge is 0.368 e. The summed E-state index contributed by atoms with van der Waals surface area (Å²) in [5.41, 5.74) is 0.297. The molecule has 0 aromatic heterocycles. The summed E-state index contributed by atoms with van der Waals surface area (Å²) in [4.78, 5) is 28.8. The lowest BCUT2D eigenvalue weighted by Crippen LogP contribution is -2.84. The Morgan fingerprint density at radius 3 is 2.41 bits per heavy atom. The van der Waals surface area contributed by atoms with E-state index in [9.17, 15) is 22.8 Å². The number of urea groups is 1. The molecule has 5 fully saturated rings. The number of alkyl halides is 3. The number of hydrogen-bond donors (Lipinski definition) is 1. The van der Waals surface area contributed by atoms with Gasteiger partial charge in [-0.3, -0.25) is 14.4 Å². The van der Waals surface area contributed by atoms with Crippen LogP contribution < -0.4 is 10.2 Å². The zero-order valence-electron chi connectivity index (χ0n) is 17.2. The number of halogens is 4. The Bertz CT molecular complexity index is 900. The van der Waals surface area contributed by atoms with Crippen LogP contribution in [0.4, 0.5) is 23.7 Å². The highest BCUT2D eigenvalue weighted by Crippen LogP contribution is 2.64. The molecule has 1 heterocycles. The first kappa shape index (κ1) is 21.8. The van der Waals surface area contributed by atoms with Crippen molar-refractivity contribution in [3.63, 3.8) is 0 Å². The second kappa shape index (κ2) is 7.50. The number of rotatable bonds is 7. The quantitative estimate of drug-likeness (QED) is 0.658. The van der Waals surface area contributed by atoms with Gasteiger partial charge < -0.3 is 15.0 Å². The number of hydrogen-bond acceptors (Lipinski definition) is 4. The van der Waals surface area contributed by atoms with Gasteiger partial charge in [0.25, 0.3) is 0 Å². The minimum Gasteiger partial charge on any atom is -0.368 e. The van der Waals surface area contributed by atoms with Crippen molar-refractivity contribution in [3.8, 4) is 0 Å². The van der Waals surface area contributed by atoms with Crippen molar-refractivity contribution in [1.29, 1.82) is 0 Å². The molecule has 1 N–H and O–H groups in total. The summed E-state index contributed by atoms with van der Waals surface area (Å²) in [5.74, 6) is -0.283. The van der Waals surface area contributed by atoms with Gasteiger partial charge in [-0.1, -0.05) is 11.6 Å². The fourth-order valence-corrected chi connectivity index (χ4v) is 5.58. The molecule has 3 amide bonds. The summed E-state index contributed by atoms with van der Waals surface area (Å²) in [5, 5.41) is 3.60. The van der Waals surface area contributed by atoms with Crippen LogP contribution >= 0.6 is 11.6 Å². The van der Waals surface area contributed by atoms with Gasteiger partial charge >= 0.3 is 12.4 Å². The molecular weight excluding hydrogens is 451 g/mol. The number of benzene rings is 1. The molecule has 0 spiro atoms. The SMILES string of the molecule is O=C(CO[C@H]1C[C@@H](OC(F)(F)F)C1)NC12CC(N3CCN(c4ccc(Cl)cc4)C3=O)(C1)C2. The molecule has 32 heavy (non-hydrogen) atoms. The van der Waals surface area contributed by atoms with Crippen molar-refractivity contribution in [1.82, 2.24) is 10.2 Å². The van der Waals surface area contributed by atoms with Gasteiger partial charge in [-0.15, -0.1) is 13.2 Å². The highest BCUT2D eigenvalue weighted by molar-refractivity contribution is 6.30. The molecule has 7 nitrogen and oxygen atoms in total. The van der Waals surface area contributed by atoms with E-state index in [0.29, 0.717) is 37.4 Å². The number of nitrogens with zero attached hydrogens (tertiary/aromatic N) is 2. The van der Waals surface area contributed by atoms with Crippen molar-refractivity contribution < 1.29 is 32.2 Å². The van der Waals surface area contributed by atoms with Gasteiger partial charge in [0, 0.05) is 42.2 Å². The molecule has 174 valence electrons. The first-order valence-corrected chi connectivity index (χ1v) is 11.0. The van der Waals surface area contributed by atoms with Crippen LogP contribution in [0.3, 0.4) is 0 Å². The predicted octanol–water partition coefficient (Wildman–Crippen LogP) is 3.46. The second-order valence-electron chi connectivity index (χ2n) is 9.24. The minimum absolute atomic E-state index is 0.0316. The van der Waals surface area contributed by atoms with Gasteiger partial charge in [0.15, 0.2) is 0 Å². The lowest BCUT2D eigenvalue weighted by atomic mass is 9.43. The molecule has 1 aliphatic heterocycles. The Morgan fingerprint density at radius 2 is 1.78 bits per heavy atom. The summed E-state index contributed by atoms with van der Waals surface area (Å²) >= 11 is 5.93. The molecule has 5 aliphatic rings. The number of amides is 3. The number of carbonyl (C=O) groups is 2. The molecule has 0 unspecified atom stereocenters. The lowest BCUT2D eigenvalue weighted by Gasteiger charge is -2.72. The molecule has 11 heteroatoms. The average Bonchev–Trinajstić information content (AvgIpc) is 3.00. The molecule has 1 saturated heterocycles. The van der Waals surface area contributed by atoms with Crippen LogP contribution in [0.5, 0.6) is 0 Å². The number of anilines is 1. The molecule has 0 atom stereocenters. The molecule has 1 aromatic carbocycles. The molecule has 2 bridgehead atoms. The highest BCUT2D eigenvalue weighted by atomic mass is 35.5. The van der Waals surface area contributed by atoms with Gasteiger partial charge in [-0.25, -0.2) is 4.79 Å². The Hall–Kier alpha value is -2.04. The summed E-state index contributed by atoms with van der Waals surface area (Å²) in [7, 11) is 0. The third-order valence-corrected chi connectivity index (χ3v) is 7.18.